The molecule has 0 amide bonds. The minimum atomic E-state index is -1.55. The minimum absolute atomic E-state index is 1.23. The number of halogens is 1. The van der Waals surface area contributed by atoms with E-state index in [2.05, 4.69) is 83.6 Å². The van der Waals surface area contributed by atoms with Gasteiger partial charge in [0.25, 0.3) is 0 Å². The van der Waals surface area contributed by atoms with Crippen LogP contribution in [0.1, 0.15) is 0 Å². The highest BCUT2D eigenvalue weighted by Gasteiger charge is 2.27. The average molecular weight is 291 g/mol. The molecular weight excluding hydrogens is 276 g/mol. The van der Waals surface area contributed by atoms with Crippen LogP contribution in [0.4, 0.5) is 0 Å². The van der Waals surface area contributed by atoms with Crippen molar-refractivity contribution in [2.45, 2.75) is 13.1 Å². The van der Waals surface area contributed by atoms with Crippen molar-refractivity contribution >= 4 is 34.4 Å². The lowest BCUT2D eigenvalue weighted by Gasteiger charge is -2.24. The predicted octanol–water partition coefficient (Wildman–Crippen LogP) is 3.27. The Kier molecular flexibility index (Phi) is 3.31. The summed E-state index contributed by atoms with van der Waals surface area (Å²) in [5.74, 6) is 0. The fourth-order valence-corrected chi connectivity index (χ4v) is 6.28. The van der Waals surface area contributed by atoms with E-state index in [-0.39, 0.29) is 0 Å². The van der Waals surface area contributed by atoms with Crippen LogP contribution in [0.15, 0.2) is 59.1 Å². The SMILES string of the molecule is C[Si](C)(c1ccccc1)c1ccccc1Br. The first-order valence-corrected chi connectivity index (χ1v) is 9.22. The van der Waals surface area contributed by atoms with Crippen LogP contribution in [0.3, 0.4) is 0 Å². The zero-order valence-electron chi connectivity index (χ0n) is 9.57. The molecule has 0 heterocycles. The van der Waals surface area contributed by atoms with Crippen LogP contribution in [0.25, 0.3) is 0 Å². The second kappa shape index (κ2) is 4.56. The molecule has 2 rings (SSSR count). The fourth-order valence-electron chi connectivity index (χ4n) is 1.98. The zero-order chi connectivity index (χ0) is 11.6. The Labute approximate surface area is 106 Å². The minimum Gasteiger partial charge on any atom is -0.0626 e. The summed E-state index contributed by atoms with van der Waals surface area (Å²) in [5.41, 5.74) is 0. The standard InChI is InChI=1S/C14H15BrSi/c1-16(2,12-8-4-3-5-9-12)14-11-7-6-10-13(14)15/h3-11H,1-2H3. The summed E-state index contributed by atoms with van der Waals surface area (Å²) in [6, 6.07) is 19.4. The van der Waals surface area contributed by atoms with Gasteiger partial charge in [-0.3, -0.25) is 0 Å². The van der Waals surface area contributed by atoms with Crippen LogP contribution < -0.4 is 10.4 Å². The van der Waals surface area contributed by atoms with Gasteiger partial charge in [-0.15, -0.1) is 0 Å². The molecule has 0 spiro atoms. The predicted molar refractivity (Wildman–Crippen MR) is 77.3 cm³/mol. The van der Waals surface area contributed by atoms with Crippen LogP contribution in [0, 0.1) is 0 Å². The van der Waals surface area contributed by atoms with Gasteiger partial charge in [-0.1, -0.05) is 82.7 Å². The van der Waals surface area contributed by atoms with E-state index in [1.165, 1.54) is 14.8 Å². The Morgan fingerprint density at radius 1 is 0.812 bits per heavy atom. The van der Waals surface area contributed by atoms with Gasteiger partial charge in [-0.05, 0) is 11.3 Å². The third kappa shape index (κ3) is 2.13. The molecule has 2 aromatic carbocycles. The highest BCUT2D eigenvalue weighted by Crippen LogP contribution is 2.13. The fraction of sp³-hybridized carbons (Fsp3) is 0.143. The van der Waals surface area contributed by atoms with Gasteiger partial charge in [0.1, 0.15) is 8.07 Å². The van der Waals surface area contributed by atoms with Crippen molar-refractivity contribution in [2.24, 2.45) is 0 Å². The Bertz CT molecular complexity index is 477. The maximum absolute atomic E-state index is 3.66. The van der Waals surface area contributed by atoms with E-state index in [1.807, 2.05) is 0 Å². The van der Waals surface area contributed by atoms with Gasteiger partial charge in [-0.25, -0.2) is 0 Å². The van der Waals surface area contributed by atoms with Crippen molar-refractivity contribution < 1.29 is 0 Å². The zero-order valence-corrected chi connectivity index (χ0v) is 12.2. The van der Waals surface area contributed by atoms with Gasteiger partial charge in [0, 0.05) is 4.47 Å². The maximum Gasteiger partial charge on any atom is 0.113 e. The number of hydrogen-bond donors (Lipinski definition) is 0. The molecule has 0 aliphatic heterocycles. The smallest absolute Gasteiger partial charge is 0.0626 e. The van der Waals surface area contributed by atoms with E-state index in [0.717, 1.165) is 0 Å². The van der Waals surface area contributed by atoms with E-state index in [4.69, 9.17) is 0 Å². The summed E-state index contributed by atoms with van der Waals surface area (Å²) in [5, 5.41) is 2.93. The largest absolute Gasteiger partial charge is 0.113 e. The van der Waals surface area contributed by atoms with Gasteiger partial charge >= 0.3 is 0 Å². The van der Waals surface area contributed by atoms with Crippen molar-refractivity contribution in [2.75, 3.05) is 0 Å². The van der Waals surface area contributed by atoms with Gasteiger partial charge in [0.05, 0.1) is 0 Å². The summed E-state index contributed by atoms with van der Waals surface area (Å²) >= 11 is 3.66. The van der Waals surface area contributed by atoms with Crippen LogP contribution in [0.5, 0.6) is 0 Å². The highest BCUT2D eigenvalue weighted by molar-refractivity contribution is 9.10. The normalized spacial score (nSPS) is 11.4. The second-order valence-electron chi connectivity index (χ2n) is 4.47. The molecule has 2 heteroatoms. The van der Waals surface area contributed by atoms with Crippen LogP contribution in [0.2, 0.25) is 13.1 Å². The van der Waals surface area contributed by atoms with Gasteiger partial charge in [0.2, 0.25) is 0 Å². The molecule has 0 bridgehead atoms. The molecule has 0 fully saturated rings. The van der Waals surface area contributed by atoms with Crippen LogP contribution in [-0.2, 0) is 0 Å². The second-order valence-corrected chi connectivity index (χ2v) is 9.69. The molecular formula is C14H15BrSi. The monoisotopic (exact) mass is 290 g/mol. The first kappa shape index (κ1) is 11.6. The first-order valence-electron chi connectivity index (χ1n) is 5.43. The molecule has 82 valence electrons. The third-order valence-electron chi connectivity index (χ3n) is 3.04. The lowest BCUT2D eigenvalue weighted by molar-refractivity contribution is 1.64. The molecule has 0 N–H and O–H groups in total. The van der Waals surface area contributed by atoms with Gasteiger partial charge < -0.3 is 0 Å². The first-order chi connectivity index (χ1) is 7.62. The molecule has 0 saturated carbocycles. The summed E-state index contributed by atoms with van der Waals surface area (Å²) in [7, 11) is -1.55. The van der Waals surface area contributed by atoms with E-state index in [9.17, 15) is 0 Å². The molecule has 0 nitrogen and oxygen atoms in total. The summed E-state index contributed by atoms with van der Waals surface area (Å²) in [6.45, 7) is 4.78. The maximum atomic E-state index is 3.66. The molecule has 0 unspecified atom stereocenters. The lowest BCUT2D eigenvalue weighted by Crippen LogP contribution is -2.53. The quantitative estimate of drug-likeness (QED) is 0.745. The molecule has 0 radical (unpaired) electrons. The Balaban J connectivity index is 2.51. The summed E-state index contributed by atoms with van der Waals surface area (Å²) in [6.07, 6.45) is 0. The topological polar surface area (TPSA) is 0 Å². The van der Waals surface area contributed by atoms with Gasteiger partial charge in [0.15, 0.2) is 0 Å². The molecule has 2 aromatic rings. The number of rotatable bonds is 2. The van der Waals surface area contributed by atoms with E-state index >= 15 is 0 Å². The molecule has 16 heavy (non-hydrogen) atoms. The number of benzene rings is 2. The van der Waals surface area contributed by atoms with Crippen molar-refractivity contribution in [3.63, 3.8) is 0 Å². The molecule has 0 aliphatic rings. The summed E-state index contributed by atoms with van der Waals surface area (Å²) in [4.78, 5) is 0. The lowest BCUT2D eigenvalue weighted by atomic mass is 10.4. The van der Waals surface area contributed by atoms with Crippen molar-refractivity contribution in [3.05, 3.63) is 59.1 Å². The van der Waals surface area contributed by atoms with Crippen LogP contribution >= 0.6 is 15.9 Å². The Morgan fingerprint density at radius 2 is 1.38 bits per heavy atom. The molecule has 0 aromatic heterocycles. The van der Waals surface area contributed by atoms with E-state index in [1.54, 1.807) is 0 Å². The summed E-state index contributed by atoms with van der Waals surface area (Å²) < 4.78 is 1.23. The molecule has 0 saturated heterocycles. The van der Waals surface area contributed by atoms with Gasteiger partial charge in [-0.2, -0.15) is 0 Å². The van der Waals surface area contributed by atoms with Crippen molar-refractivity contribution in [1.82, 2.24) is 0 Å². The highest BCUT2D eigenvalue weighted by atomic mass is 79.9. The Morgan fingerprint density at radius 3 is 2.00 bits per heavy atom. The van der Waals surface area contributed by atoms with E-state index in [0.29, 0.717) is 0 Å². The number of hydrogen-bond acceptors (Lipinski definition) is 0. The molecule has 0 aliphatic carbocycles. The van der Waals surface area contributed by atoms with Crippen molar-refractivity contribution in [1.29, 1.82) is 0 Å². The molecule has 0 atom stereocenters. The average Bonchev–Trinajstić information content (AvgIpc) is 2.30. The van der Waals surface area contributed by atoms with E-state index < -0.39 is 8.07 Å². The van der Waals surface area contributed by atoms with Crippen molar-refractivity contribution in [3.8, 4) is 0 Å². The van der Waals surface area contributed by atoms with Crippen LogP contribution in [-0.4, -0.2) is 8.07 Å². The Hall–Kier alpha value is -0.863. The third-order valence-corrected chi connectivity index (χ3v) is 7.66.